The van der Waals surface area contributed by atoms with Gasteiger partial charge < -0.3 is 10.4 Å². The van der Waals surface area contributed by atoms with Gasteiger partial charge in [-0.1, -0.05) is 17.7 Å². The second-order valence-corrected chi connectivity index (χ2v) is 6.00. The zero-order valence-electron chi connectivity index (χ0n) is 11.3. The summed E-state index contributed by atoms with van der Waals surface area (Å²) in [6.07, 6.45) is 1.28. The van der Waals surface area contributed by atoms with E-state index in [0.29, 0.717) is 18.1 Å². The van der Waals surface area contributed by atoms with E-state index in [9.17, 15) is 5.11 Å². The molecule has 0 aliphatic rings. The van der Waals surface area contributed by atoms with Crippen LogP contribution >= 0.6 is 22.9 Å². The molecule has 1 atom stereocenters. The minimum Gasteiger partial charge on any atom is -0.387 e. The van der Waals surface area contributed by atoms with E-state index in [2.05, 4.69) is 10.3 Å². The molecule has 0 saturated carbocycles. The highest BCUT2D eigenvalue weighted by atomic mass is 35.5. The number of aliphatic hydroxyl groups excluding tert-OH is 1. The Kier molecular flexibility index (Phi) is 4.51. The summed E-state index contributed by atoms with van der Waals surface area (Å²) >= 11 is 7.77. The van der Waals surface area contributed by atoms with Gasteiger partial charge in [0.1, 0.15) is 0 Å². The van der Waals surface area contributed by atoms with E-state index in [0.717, 1.165) is 22.0 Å². The van der Waals surface area contributed by atoms with Gasteiger partial charge in [-0.05, 0) is 46.2 Å². The van der Waals surface area contributed by atoms with E-state index >= 15 is 0 Å². The molecule has 108 valence electrons. The Morgan fingerprint density at radius 2 is 2.19 bits per heavy atom. The molecule has 0 radical (unpaired) electrons. The zero-order chi connectivity index (χ0) is 14.7. The van der Waals surface area contributed by atoms with Gasteiger partial charge in [-0.25, -0.2) is 0 Å². The van der Waals surface area contributed by atoms with Crippen molar-refractivity contribution >= 4 is 33.8 Å². The molecular weight excluding hydrogens is 304 g/mol. The molecule has 0 aliphatic carbocycles. The summed E-state index contributed by atoms with van der Waals surface area (Å²) in [5.41, 5.74) is 2.93. The maximum atomic E-state index is 10.1. The van der Waals surface area contributed by atoms with Gasteiger partial charge in [-0.2, -0.15) is 11.3 Å². The lowest BCUT2D eigenvalue weighted by atomic mass is 10.1. The van der Waals surface area contributed by atoms with Crippen LogP contribution in [0.25, 0.3) is 10.9 Å². The van der Waals surface area contributed by atoms with Crippen LogP contribution in [0, 0.1) is 0 Å². The summed E-state index contributed by atoms with van der Waals surface area (Å²) in [7, 11) is 0. The van der Waals surface area contributed by atoms with Crippen molar-refractivity contribution in [3.63, 3.8) is 0 Å². The molecule has 21 heavy (non-hydrogen) atoms. The van der Waals surface area contributed by atoms with Gasteiger partial charge >= 0.3 is 0 Å². The molecule has 3 nitrogen and oxygen atoms in total. The lowest BCUT2D eigenvalue weighted by Crippen LogP contribution is -2.21. The van der Waals surface area contributed by atoms with Crippen molar-refractivity contribution in [2.75, 3.05) is 6.54 Å². The molecule has 0 spiro atoms. The monoisotopic (exact) mass is 318 g/mol. The highest BCUT2D eigenvalue weighted by molar-refractivity contribution is 7.07. The van der Waals surface area contributed by atoms with E-state index in [1.807, 2.05) is 41.1 Å². The third kappa shape index (κ3) is 3.24. The van der Waals surface area contributed by atoms with Crippen molar-refractivity contribution < 1.29 is 5.11 Å². The molecule has 0 amide bonds. The first-order valence-electron chi connectivity index (χ1n) is 6.68. The van der Waals surface area contributed by atoms with Crippen molar-refractivity contribution in [2.45, 2.75) is 12.6 Å². The standard InChI is InChI=1S/C16H15ClN2OS/c17-14-4-3-11(16-13(14)2-1-6-19-16)8-18-9-15(20)12-5-7-21-10-12/h1-7,10,15,18,20H,8-9H2. The summed E-state index contributed by atoms with van der Waals surface area (Å²) in [5.74, 6) is 0. The number of nitrogens with one attached hydrogen (secondary N) is 1. The average molecular weight is 319 g/mol. The van der Waals surface area contributed by atoms with Gasteiger partial charge in [0.05, 0.1) is 11.6 Å². The summed E-state index contributed by atoms with van der Waals surface area (Å²) in [4.78, 5) is 4.40. The van der Waals surface area contributed by atoms with Gasteiger partial charge in [0, 0.05) is 29.7 Å². The molecule has 5 heteroatoms. The molecule has 2 heterocycles. The minimum atomic E-state index is -0.484. The number of benzene rings is 1. The van der Waals surface area contributed by atoms with Gasteiger partial charge in [-0.15, -0.1) is 0 Å². The fourth-order valence-corrected chi connectivity index (χ4v) is 3.19. The van der Waals surface area contributed by atoms with Crippen molar-refractivity contribution in [1.82, 2.24) is 10.3 Å². The van der Waals surface area contributed by atoms with Crippen LogP contribution in [-0.2, 0) is 6.54 Å². The molecule has 1 unspecified atom stereocenters. The molecule has 0 saturated heterocycles. The second-order valence-electron chi connectivity index (χ2n) is 4.81. The number of hydrogen-bond acceptors (Lipinski definition) is 4. The lowest BCUT2D eigenvalue weighted by Gasteiger charge is -2.12. The number of nitrogens with zero attached hydrogens (tertiary/aromatic N) is 1. The normalized spacial score (nSPS) is 12.7. The Labute approximate surface area is 132 Å². The SMILES string of the molecule is OC(CNCc1ccc(Cl)c2cccnc12)c1ccsc1. The van der Waals surface area contributed by atoms with Crippen LogP contribution in [0.2, 0.25) is 5.02 Å². The number of thiophene rings is 1. The van der Waals surface area contributed by atoms with Gasteiger partial charge in [0.2, 0.25) is 0 Å². The van der Waals surface area contributed by atoms with Crippen LogP contribution in [0.1, 0.15) is 17.2 Å². The predicted octanol–water partition coefficient (Wildman–Crippen LogP) is 3.77. The molecule has 0 fully saturated rings. The van der Waals surface area contributed by atoms with Gasteiger partial charge in [0.25, 0.3) is 0 Å². The van der Waals surface area contributed by atoms with Gasteiger partial charge in [-0.3, -0.25) is 4.98 Å². The molecule has 3 aromatic rings. The Morgan fingerprint density at radius 3 is 3.00 bits per heavy atom. The van der Waals surface area contributed by atoms with Crippen LogP contribution in [0.3, 0.4) is 0 Å². The minimum absolute atomic E-state index is 0.484. The summed E-state index contributed by atoms with van der Waals surface area (Å²) < 4.78 is 0. The van der Waals surface area contributed by atoms with E-state index in [1.165, 1.54) is 0 Å². The molecule has 3 rings (SSSR count). The third-order valence-electron chi connectivity index (χ3n) is 3.38. The largest absolute Gasteiger partial charge is 0.387 e. The topological polar surface area (TPSA) is 45.1 Å². The number of pyridine rings is 1. The third-order valence-corrected chi connectivity index (χ3v) is 4.41. The smallest absolute Gasteiger partial charge is 0.0922 e. The number of fused-ring (bicyclic) bond motifs is 1. The van der Waals surface area contributed by atoms with Gasteiger partial charge in [0.15, 0.2) is 0 Å². The lowest BCUT2D eigenvalue weighted by molar-refractivity contribution is 0.175. The van der Waals surface area contributed by atoms with Crippen LogP contribution in [-0.4, -0.2) is 16.6 Å². The molecule has 2 N–H and O–H groups in total. The molecule has 0 aliphatic heterocycles. The van der Waals surface area contributed by atoms with Crippen molar-refractivity contribution in [2.24, 2.45) is 0 Å². The number of hydrogen-bond donors (Lipinski definition) is 2. The van der Waals surface area contributed by atoms with E-state index < -0.39 is 6.10 Å². The molecular formula is C16H15ClN2OS. The number of rotatable bonds is 5. The summed E-state index contributed by atoms with van der Waals surface area (Å²) in [6, 6.07) is 9.65. The fourth-order valence-electron chi connectivity index (χ4n) is 2.27. The first kappa shape index (κ1) is 14.5. The van der Waals surface area contributed by atoms with Crippen LogP contribution in [0.4, 0.5) is 0 Å². The van der Waals surface area contributed by atoms with Crippen molar-refractivity contribution in [1.29, 1.82) is 0 Å². The van der Waals surface area contributed by atoms with E-state index in [4.69, 9.17) is 11.6 Å². The molecule has 0 bridgehead atoms. The van der Waals surface area contributed by atoms with E-state index in [-0.39, 0.29) is 0 Å². The predicted molar refractivity (Wildman–Crippen MR) is 87.7 cm³/mol. The number of aliphatic hydroxyl groups is 1. The highest BCUT2D eigenvalue weighted by Gasteiger charge is 2.09. The maximum Gasteiger partial charge on any atom is 0.0922 e. The van der Waals surface area contributed by atoms with Crippen LogP contribution in [0.15, 0.2) is 47.3 Å². The average Bonchev–Trinajstić information content (AvgIpc) is 3.04. The quantitative estimate of drug-likeness (QED) is 0.752. The van der Waals surface area contributed by atoms with Crippen molar-refractivity contribution in [3.05, 3.63) is 63.4 Å². The summed E-state index contributed by atoms with van der Waals surface area (Å²) in [6.45, 7) is 1.15. The number of aromatic nitrogens is 1. The van der Waals surface area contributed by atoms with Crippen LogP contribution < -0.4 is 5.32 Å². The Hall–Kier alpha value is -1.46. The van der Waals surface area contributed by atoms with Crippen LogP contribution in [0.5, 0.6) is 0 Å². The van der Waals surface area contributed by atoms with E-state index in [1.54, 1.807) is 17.5 Å². The first-order chi connectivity index (χ1) is 10.3. The summed E-state index contributed by atoms with van der Waals surface area (Å²) in [5, 5.41) is 18.9. The maximum absolute atomic E-state index is 10.1. The first-order valence-corrected chi connectivity index (χ1v) is 8.01. The Morgan fingerprint density at radius 1 is 1.29 bits per heavy atom. The Balaban J connectivity index is 1.70. The van der Waals surface area contributed by atoms with Crippen molar-refractivity contribution in [3.8, 4) is 0 Å². The zero-order valence-corrected chi connectivity index (χ0v) is 12.9. The highest BCUT2D eigenvalue weighted by Crippen LogP contribution is 2.24. The fraction of sp³-hybridized carbons (Fsp3) is 0.188. The molecule has 1 aromatic carbocycles. The Bertz CT molecular complexity index is 730. The number of halogens is 1. The second kappa shape index (κ2) is 6.54. The molecule has 2 aromatic heterocycles.